The number of benzene rings is 1. The Hall–Kier alpha value is -2.25. The predicted molar refractivity (Wildman–Crippen MR) is 100 cm³/mol. The highest BCUT2D eigenvalue weighted by atomic mass is 35.5. The van der Waals surface area contributed by atoms with Crippen LogP contribution < -0.4 is 10.6 Å². The minimum atomic E-state index is -2.63. The van der Waals surface area contributed by atoms with Crippen LogP contribution in [0.2, 0.25) is 0 Å². The molecule has 26 heavy (non-hydrogen) atoms. The fourth-order valence-electron chi connectivity index (χ4n) is 3.34. The van der Waals surface area contributed by atoms with Gasteiger partial charge in [0.05, 0.1) is 29.6 Å². The van der Waals surface area contributed by atoms with Crippen molar-refractivity contribution in [2.75, 3.05) is 18.0 Å². The van der Waals surface area contributed by atoms with Crippen molar-refractivity contribution in [3.8, 4) is 11.3 Å². The molecule has 0 amide bonds. The molecule has 0 bridgehead atoms. The third-order valence-electron chi connectivity index (χ3n) is 4.76. The summed E-state index contributed by atoms with van der Waals surface area (Å²) >= 11 is 0. The normalized spacial score (nSPS) is 16.1. The standard InChI is InChI=1S/C18H19F2N5.ClH/c1-12-6-13(2-3-14(12)8-21)17-16-7-15(9-25(16)23-11-22-17)24-5-4-18(19,20)10-24;/h2-3,6-7,9,11H,4-5,8,10,21H2,1H3;1H. The number of nitrogens with zero attached hydrogens (tertiary/aromatic N) is 4. The van der Waals surface area contributed by atoms with Gasteiger partial charge < -0.3 is 10.6 Å². The summed E-state index contributed by atoms with van der Waals surface area (Å²) in [6, 6.07) is 7.90. The van der Waals surface area contributed by atoms with Crippen LogP contribution >= 0.6 is 12.4 Å². The van der Waals surface area contributed by atoms with Gasteiger partial charge in [-0.05, 0) is 30.2 Å². The fraction of sp³-hybridized carbons (Fsp3) is 0.333. The van der Waals surface area contributed by atoms with Crippen LogP contribution in [0, 0.1) is 6.92 Å². The molecule has 0 radical (unpaired) electrons. The Morgan fingerprint density at radius 3 is 2.73 bits per heavy atom. The van der Waals surface area contributed by atoms with Crippen molar-refractivity contribution >= 4 is 23.6 Å². The number of aryl methyl sites for hydroxylation is 1. The average Bonchev–Trinajstić information content (AvgIpc) is 3.17. The van der Waals surface area contributed by atoms with Crippen LogP contribution in [0.1, 0.15) is 17.5 Å². The highest BCUT2D eigenvalue weighted by Crippen LogP contribution is 2.33. The fourth-order valence-corrected chi connectivity index (χ4v) is 3.34. The van der Waals surface area contributed by atoms with E-state index in [0.717, 1.165) is 33.6 Å². The van der Waals surface area contributed by atoms with Crippen molar-refractivity contribution in [3.05, 3.63) is 47.9 Å². The molecule has 0 unspecified atom stereocenters. The smallest absolute Gasteiger partial charge is 0.266 e. The van der Waals surface area contributed by atoms with E-state index in [4.69, 9.17) is 5.73 Å². The molecule has 3 aromatic rings. The van der Waals surface area contributed by atoms with E-state index in [2.05, 4.69) is 10.1 Å². The summed E-state index contributed by atoms with van der Waals surface area (Å²) in [6.45, 7) is 2.59. The zero-order valence-electron chi connectivity index (χ0n) is 14.3. The first-order chi connectivity index (χ1) is 12.0. The van der Waals surface area contributed by atoms with Gasteiger partial charge in [0.25, 0.3) is 5.92 Å². The predicted octanol–water partition coefficient (Wildman–Crippen LogP) is 3.43. The maximum absolute atomic E-state index is 13.5. The number of nitrogens with two attached hydrogens (primary N) is 1. The minimum absolute atomic E-state index is 0. The topological polar surface area (TPSA) is 59.5 Å². The van der Waals surface area contributed by atoms with Crippen molar-refractivity contribution < 1.29 is 8.78 Å². The summed E-state index contributed by atoms with van der Waals surface area (Å²) < 4.78 is 28.7. The van der Waals surface area contributed by atoms with Crippen molar-refractivity contribution in [2.24, 2.45) is 5.73 Å². The molecule has 2 N–H and O–H groups in total. The zero-order chi connectivity index (χ0) is 17.6. The second-order valence-corrected chi connectivity index (χ2v) is 6.51. The van der Waals surface area contributed by atoms with Gasteiger partial charge in [0, 0.05) is 25.1 Å². The Balaban J connectivity index is 0.00000196. The van der Waals surface area contributed by atoms with Crippen LogP contribution in [0.25, 0.3) is 16.8 Å². The number of rotatable bonds is 3. The quantitative estimate of drug-likeness (QED) is 0.757. The highest BCUT2D eigenvalue weighted by molar-refractivity contribution is 5.85. The summed E-state index contributed by atoms with van der Waals surface area (Å²) in [5.41, 5.74) is 11.2. The van der Waals surface area contributed by atoms with E-state index >= 15 is 0 Å². The summed E-state index contributed by atoms with van der Waals surface area (Å²) in [5.74, 6) is -2.63. The van der Waals surface area contributed by atoms with E-state index in [1.54, 1.807) is 15.6 Å². The Morgan fingerprint density at radius 2 is 2.08 bits per heavy atom. The Morgan fingerprint density at radius 1 is 1.27 bits per heavy atom. The van der Waals surface area contributed by atoms with Crippen molar-refractivity contribution in [2.45, 2.75) is 25.8 Å². The Labute approximate surface area is 156 Å². The first kappa shape index (κ1) is 18.5. The van der Waals surface area contributed by atoms with Crippen molar-refractivity contribution in [1.29, 1.82) is 0 Å². The van der Waals surface area contributed by atoms with Crippen LogP contribution in [0.5, 0.6) is 0 Å². The molecule has 4 rings (SSSR count). The molecule has 1 aromatic carbocycles. The average molecular weight is 380 g/mol. The molecule has 8 heteroatoms. The molecule has 1 aliphatic rings. The SMILES string of the molecule is Cc1cc(-c2ncnn3cc(N4CCC(F)(F)C4)cc23)ccc1CN.Cl. The molecule has 1 fully saturated rings. The number of anilines is 1. The number of hydrogen-bond donors (Lipinski definition) is 1. The molecule has 0 spiro atoms. The lowest BCUT2D eigenvalue weighted by Gasteiger charge is -2.15. The molecule has 0 atom stereocenters. The zero-order valence-corrected chi connectivity index (χ0v) is 15.1. The second kappa shape index (κ2) is 6.81. The van der Waals surface area contributed by atoms with E-state index in [0.29, 0.717) is 13.1 Å². The van der Waals surface area contributed by atoms with Crippen LogP contribution in [0.3, 0.4) is 0 Å². The van der Waals surface area contributed by atoms with Gasteiger partial charge in [0.1, 0.15) is 6.33 Å². The number of aromatic nitrogens is 3. The van der Waals surface area contributed by atoms with Crippen LogP contribution in [-0.4, -0.2) is 33.6 Å². The number of fused-ring (bicyclic) bond motifs is 1. The maximum atomic E-state index is 13.5. The van der Waals surface area contributed by atoms with Crippen LogP contribution in [-0.2, 0) is 6.54 Å². The van der Waals surface area contributed by atoms with Crippen LogP contribution in [0.15, 0.2) is 36.8 Å². The minimum Gasteiger partial charge on any atom is -0.364 e. The Bertz CT molecular complexity index is 940. The van der Waals surface area contributed by atoms with Gasteiger partial charge in [0.2, 0.25) is 0 Å². The van der Waals surface area contributed by atoms with Gasteiger partial charge in [-0.15, -0.1) is 12.4 Å². The van der Waals surface area contributed by atoms with Gasteiger partial charge in [-0.1, -0.05) is 12.1 Å². The largest absolute Gasteiger partial charge is 0.364 e. The molecule has 1 aliphatic heterocycles. The first-order valence-corrected chi connectivity index (χ1v) is 8.23. The molecular weight excluding hydrogens is 360 g/mol. The number of halogens is 3. The van der Waals surface area contributed by atoms with E-state index in [1.165, 1.54) is 6.33 Å². The molecule has 2 aromatic heterocycles. The van der Waals surface area contributed by atoms with E-state index < -0.39 is 5.92 Å². The third-order valence-corrected chi connectivity index (χ3v) is 4.76. The van der Waals surface area contributed by atoms with Gasteiger partial charge >= 0.3 is 0 Å². The maximum Gasteiger partial charge on any atom is 0.266 e. The van der Waals surface area contributed by atoms with E-state index in [-0.39, 0.29) is 25.4 Å². The van der Waals surface area contributed by atoms with E-state index in [1.807, 2.05) is 31.2 Å². The summed E-state index contributed by atoms with van der Waals surface area (Å²) in [4.78, 5) is 6.11. The van der Waals surface area contributed by atoms with Crippen LogP contribution in [0.4, 0.5) is 14.5 Å². The lowest BCUT2D eigenvalue weighted by atomic mass is 10.0. The monoisotopic (exact) mass is 379 g/mol. The van der Waals surface area contributed by atoms with E-state index in [9.17, 15) is 8.78 Å². The van der Waals surface area contributed by atoms with Gasteiger partial charge in [-0.2, -0.15) is 5.10 Å². The molecule has 1 saturated heterocycles. The van der Waals surface area contributed by atoms with Gasteiger partial charge in [-0.3, -0.25) is 0 Å². The molecule has 138 valence electrons. The molecule has 3 heterocycles. The molecule has 5 nitrogen and oxygen atoms in total. The van der Waals surface area contributed by atoms with Crippen molar-refractivity contribution in [1.82, 2.24) is 14.6 Å². The molecule has 0 saturated carbocycles. The summed E-state index contributed by atoms with van der Waals surface area (Å²) in [6.07, 6.45) is 3.15. The van der Waals surface area contributed by atoms with Gasteiger partial charge in [0.15, 0.2) is 0 Å². The lowest BCUT2D eigenvalue weighted by Crippen LogP contribution is -2.24. The molecule has 0 aliphatic carbocycles. The third kappa shape index (κ3) is 3.24. The summed E-state index contributed by atoms with van der Waals surface area (Å²) in [7, 11) is 0. The lowest BCUT2D eigenvalue weighted by molar-refractivity contribution is 0.0257. The Kier molecular flexibility index (Phi) is 4.86. The van der Waals surface area contributed by atoms with Crippen molar-refractivity contribution in [3.63, 3.8) is 0 Å². The second-order valence-electron chi connectivity index (χ2n) is 6.51. The first-order valence-electron chi connectivity index (χ1n) is 8.23. The molecular formula is C18H20ClF2N5. The summed E-state index contributed by atoms with van der Waals surface area (Å²) in [5, 5.41) is 4.22. The number of alkyl halides is 2. The van der Waals surface area contributed by atoms with Gasteiger partial charge in [-0.25, -0.2) is 18.3 Å². The highest BCUT2D eigenvalue weighted by Gasteiger charge is 2.38. The number of hydrogen-bond acceptors (Lipinski definition) is 4.